The first-order valence-corrected chi connectivity index (χ1v) is 8.18. The van der Waals surface area contributed by atoms with Crippen molar-refractivity contribution in [2.24, 2.45) is 5.92 Å². The lowest BCUT2D eigenvalue weighted by molar-refractivity contribution is 0.00796. The van der Waals surface area contributed by atoms with E-state index in [1.165, 1.54) is 45.1 Å². The Labute approximate surface area is 118 Å². The van der Waals surface area contributed by atoms with E-state index in [2.05, 4.69) is 24.1 Å². The van der Waals surface area contributed by atoms with Gasteiger partial charge in [0.15, 0.2) is 0 Å². The average Bonchev–Trinajstić information content (AvgIpc) is 2.95. The van der Waals surface area contributed by atoms with Crippen molar-refractivity contribution < 1.29 is 5.11 Å². The van der Waals surface area contributed by atoms with E-state index < -0.39 is 5.60 Å². The second-order valence-electron chi connectivity index (χ2n) is 7.26. The van der Waals surface area contributed by atoms with Gasteiger partial charge in [-0.2, -0.15) is 0 Å². The van der Waals surface area contributed by atoms with Gasteiger partial charge in [0.05, 0.1) is 5.60 Å². The molecule has 0 aromatic carbocycles. The number of rotatable bonds is 6. The summed E-state index contributed by atoms with van der Waals surface area (Å²) >= 11 is 0. The zero-order chi connectivity index (χ0) is 13.9. The molecular weight excluding hydrogens is 236 g/mol. The molecule has 19 heavy (non-hydrogen) atoms. The maximum atomic E-state index is 10.6. The average molecular weight is 268 g/mol. The van der Waals surface area contributed by atoms with Crippen LogP contribution in [0.15, 0.2) is 0 Å². The van der Waals surface area contributed by atoms with Crippen molar-refractivity contribution in [1.29, 1.82) is 0 Å². The molecule has 0 spiro atoms. The van der Waals surface area contributed by atoms with Crippen molar-refractivity contribution in [1.82, 2.24) is 10.2 Å². The summed E-state index contributed by atoms with van der Waals surface area (Å²) in [4.78, 5) is 2.57. The number of nitrogens with one attached hydrogen (secondary N) is 1. The summed E-state index contributed by atoms with van der Waals surface area (Å²) in [7, 11) is 0. The van der Waals surface area contributed by atoms with E-state index in [1.807, 2.05) is 6.92 Å². The largest absolute Gasteiger partial charge is 0.388 e. The van der Waals surface area contributed by atoms with Gasteiger partial charge in [0.2, 0.25) is 0 Å². The lowest BCUT2D eigenvalue weighted by Gasteiger charge is -2.35. The second-order valence-corrected chi connectivity index (χ2v) is 7.26. The Kier molecular flexibility index (Phi) is 5.27. The van der Waals surface area contributed by atoms with E-state index >= 15 is 0 Å². The fourth-order valence-electron chi connectivity index (χ4n) is 3.84. The van der Waals surface area contributed by atoms with Crippen LogP contribution in [0, 0.1) is 5.92 Å². The predicted molar refractivity (Wildman–Crippen MR) is 80.3 cm³/mol. The topological polar surface area (TPSA) is 35.5 Å². The smallest absolute Gasteiger partial charge is 0.0869 e. The molecule has 0 amide bonds. The zero-order valence-corrected chi connectivity index (χ0v) is 13.0. The number of likely N-dealkylation sites (tertiary alicyclic amines) is 1. The highest BCUT2D eigenvalue weighted by Gasteiger charge is 2.36. The molecule has 1 saturated heterocycles. The van der Waals surface area contributed by atoms with E-state index in [0.717, 1.165) is 18.5 Å². The number of aliphatic hydroxyl groups is 1. The molecule has 2 aliphatic rings. The Morgan fingerprint density at radius 1 is 1.21 bits per heavy atom. The van der Waals surface area contributed by atoms with Gasteiger partial charge in [-0.25, -0.2) is 0 Å². The number of nitrogens with zero attached hydrogens (tertiary/aromatic N) is 1. The van der Waals surface area contributed by atoms with Crippen LogP contribution in [0.3, 0.4) is 0 Å². The summed E-state index contributed by atoms with van der Waals surface area (Å²) in [5.41, 5.74) is -0.606. The highest BCUT2D eigenvalue weighted by Crippen LogP contribution is 2.35. The van der Waals surface area contributed by atoms with Gasteiger partial charge >= 0.3 is 0 Å². The second kappa shape index (κ2) is 6.55. The normalized spacial score (nSPS) is 29.2. The van der Waals surface area contributed by atoms with Crippen molar-refractivity contribution in [3.63, 3.8) is 0 Å². The first kappa shape index (κ1) is 15.3. The molecule has 2 atom stereocenters. The maximum absolute atomic E-state index is 10.6. The summed E-state index contributed by atoms with van der Waals surface area (Å²) in [5, 5.41) is 13.9. The summed E-state index contributed by atoms with van der Waals surface area (Å²) < 4.78 is 0. The van der Waals surface area contributed by atoms with Crippen LogP contribution in [-0.4, -0.2) is 47.3 Å². The van der Waals surface area contributed by atoms with Gasteiger partial charge in [0, 0.05) is 25.2 Å². The third-order valence-electron chi connectivity index (χ3n) is 4.79. The fourth-order valence-corrected chi connectivity index (χ4v) is 3.84. The van der Waals surface area contributed by atoms with Crippen LogP contribution in [0.4, 0.5) is 0 Å². The third kappa shape index (κ3) is 4.44. The van der Waals surface area contributed by atoms with E-state index in [4.69, 9.17) is 0 Å². The monoisotopic (exact) mass is 268 g/mol. The van der Waals surface area contributed by atoms with Gasteiger partial charge in [0.25, 0.3) is 0 Å². The van der Waals surface area contributed by atoms with E-state index in [0.29, 0.717) is 12.6 Å². The van der Waals surface area contributed by atoms with E-state index in [9.17, 15) is 5.11 Å². The summed E-state index contributed by atoms with van der Waals surface area (Å²) in [6.07, 6.45) is 8.31. The number of hydrogen-bond donors (Lipinski definition) is 2. The zero-order valence-electron chi connectivity index (χ0n) is 13.0. The van der Waals surface area contributed by atoms with Gasteiger partial charge in [-0.05, 0) is 45.1 Å². The molecule has 0 aromatic heterocycles. The molecule has 2 rings (SSSR count). The maximum Gasteiger partial charge on any atom is 0.0869 e. The minimum atomic E-state index is -0.606. The minimum Gasteiger partial charge on any atom is -0.388 e. The summed E-state index contributed by atoms with van der Waals surface area (Å²) in [6.45, 7) is 8.94. The van der Waals surface area contributed by atoms with Crippen molar-refractivity contribution >= 4 is 0 Å². The Morgan fingerprint density at radius 2 is 1.89 bits per heavy atom. The van der Waals surface area contributed by atoms with Crippen molar-refractivity contribution in [2.75, 3.05) is 19.6 Å². The number of hydrogen-bond acceptors (Lipinski definition) is 3. The lowest BCUT2D eigenvalue weighted by Crippen LogP contribution is -2.51. The molecule has 3 heteroatoms. The molecule has 3 nitrogen and oxygen atoms in total. The van der Waals surface area contributed by atoms with Crippen LogP contribution in [0.2, 0.25) is 0 Å². The number of β-amino-alcohol motifs (C(OH)–C–C–N with tert-alkyl or cyclic N) is 1. The van der Waals surface area contributed by atoms with Crippen LogP contribution in [-0.2, 0) is 0 Å². The van der Waals surface area contributed by atoms with Gasteiger partial charge < -0.3 is 10.4 Å². The quantitative estimate of drug-likeness (QED) is 0.776. The Morgan fingerprint density at radius 3 is 2.53 bits per heavy atom. The molecule has 0 aromatic rings. The van der Waals surface area contributed by atoms with Crippen LogP contribution in [0.25, 0.3) is 0 Å². The van der Waals surface area contributed by atoms with Crippen molar-refractivity contribution in [3.8, 4) is 0 Å². The molecule has 1 aliphatic carbocycles. The third-order valence-corrected chi connectivity index (χ3v) is 4.79. The first-order valence-electron chi connectivity index (χ1n) is 8.18. The summed E-state index contributed by atoms with van der Waals surface area (Å²) in [6, 6.07) is 1.18. The van der Waals surface area contributed by atoms with Gasteiger partial charge in [-0.15, -0.1) is 0 Å². The Balaban J connectivity index is 1.85. The van der Waals surface area contributed by atoms with Crippen LogP contribution < -0.4 is 5.32 Å². The standard InChI is InChI=1S/C16H32N2O/c1-13(2)17-11-16(3,19)12-18-10-6-9-15(18)14-7-4-5-8-14/h13-15,17,19H,4-12H2,1-3H3. The SMILES string of the molecule is CC(C)NCC(C)(O)CN1CCCC1C1CCCC1. The predicted octanol–water partition coefficient (Wildman–Crippen LogP) is 2.39. The molecule has 2 fully saturated rings. The summed E-state index contributed by atoms with van der Waals surface area (Å²) in [5.74, 6) is 0.899. The lowest BCUT2D eigenvalue weighted by atomic mass is 9.95. The van der Waals surface area contributed by atoms with Crippen molar-refractivity contribution in [2.45, 2.75) is 77.0 Å². The molecule has 112 valence electrons. The van der Waals surface area contributed by atoms with Gasteiger partial charge in [-0.1, -0.05) is 26.7 Å². The molecule has 2 unspecified atom stereocenters. The molecule has 0 bridgehead atoms. The molecule has 1 heterocycles. The van der Waals surface area contributed by atoms with Gasteiger partial charge in [0.1, 0.15) is 0 Å². The Hall–Kier alpha value is -0.120. The molecule has 0 radical (unpaired) electrons. The van der Waals surface area contributed by atoms with Crippen LogP contribution in [0.1, 0.15) is 59.3 Å². The molecule has 2 N–H and O–H groups in total. The highest BCUT2D eigenvalue weighted by molar-refractivity contribution is 4.91. The molecule has 1 aliphatic heterocycles. The molecular formula is C16H32N2O. The molecule has 1 saturated carbocycles. The van der Waals surface area contributed by atoms with Crippen LogP contribution in [0.5, 0.6) is 0 Å². The first-order chi connectivity index (χ1) is 8.98. The van der Waals surface area contributed by atoms with Gasteiger partial charge in [-0.3, -0.25) is 4.90 Å². The van der Waals surface area contributed by atoms with E-state index in [-0.39, 0.29) is 0 Å². The minimum absolute atomic E-state index is 0.440. The Bertz CT molecular complexity index is 272. The van der Waals surface area contributed by atoms with E-state index in [1.54, 1.807) is 0 Å². The fraction of sp³-hybridized carbons (Fsp3) is 1.00. The highest BCUT2D eigenvalue weighted by atomic mass is 16.3. The van der Waals surface area contributed by atoms with Crippen molar-refractivity contribution in [3.05, 3.63) is 0 Å². The van der Waals surface area contributed by atoms with Crippen LogP contribution >= 0.6 is 0 Å².